The van der Waals surface area contributed by atoms with E-state index >= 15 is 0 Å². The molecule has 0 aromatic carbocycles. The third kappa shape index (κ3) is 5.37. The summed E-state index contributed by atoms with van der Waals surface area (Å²) in [6, 6.07) is 7.67. The van der Waals surface area contributed by atoms with Crippen LogP contribution in [0.1, 0.15) is 30.1 Å². The molecule has 1 N–H and O–H groups in total. The molecule has 1 aliphatic rings. The number of carbonyl (C=O) groups is 1. The highest BCUT2D eigenvalue weighted by atomic mass is 32.1. The van der Waals surface area contributed by atoms with Crippen molar-refractivity contribution in [3.8, 4) is 10.6 Å². The van der Waals surface area contributed by atoms with Crippen LogP contribution in [-0.2, 0) is 0 Å². The lowest BCUT2D eigenvalue weighted by atomic mass is 10.2. The van der Waals surface area contributed by atoms with Crippen LogP contribution in [0.25, 0.3) is 10.6 Å². The highest BCUT2D eigenvalue weighted by Gasteiger charge is 2.15. The molecule has 0 bridgehead atoms. The Labute approximate surface area is 160 Å². The van der Waals surface area contributed by atoms with Gasteiger partial charge in [0.05, 0.1) is 10.6 Å². The molecule has 3 rings (SSSR count). The first kappa shape index (κ1) is 19.0. The molecule has 5 nitrogen and oxygen atoms in total. The minimum absolute atomic E-state index is 0.0158. The van der Waals surface area contributed by atoms with Crippen LogP contribution in [0.2, 0.25) is 0 Å². The molecule has 0 radical (unpaired) electrons. The molecular formula is C20H28N4OS. The average molecular weight is 373 g/mol. The number of hydrogen-bond donors (Lipinski definition) is 1. The van der Waals surface area contributed by atoms with Gasteiger partial charge in [-0.15, -0.1) is 11.3 Å². The van der Waals surface area contributed by atoms with Gasteiger partial charge in [0.25, 0.3) is 5.91 Å². The number of pyridine rings is 1. The SMILES string of the molecule is CCCN1CCN(CCCNC(=O)c2ccnc(-c3cccs3)c2)CC1. The Morgan fingerprint density at radius 3 is 2.65 bits per heavy atom. The van der Waals surface area contributed by atoms with E-state index in [9.17, 15) is 4.79 Å². The van der Waals surface area contributed by atoms with Gasteiger partial charge in [0.1, 0.15) is 0 Å². The molecule has 26 heavy (non-hydrogen) atoms. The van der Waals surface area contributed by atoms with Gasteiger partial charge in [-0.1, -0.05) is 13.0 Å². The monoisotopic (exact) mass is 372 g/mol. The largest absolute Gasteiger partial charge is 0.352 e. The quantitative estimate of drug-likeness (QED) is 0.724. The lowest BCUT2D eigenvalue weighted by Gasteiger charge is -2.34. The zero-order valence-corrected chi connectivity index (χ0v) is 16.3. The van der Waals surface area contributed by atoms with Crippen molar-refractivity contribution in [2.45, 2.75) is 19.8 Å². The van der Waals surface area contributed by atoms with E-state index in [1.807, 2.05) is 23.6 Å². The van der Waals surface area contributed by atoms with Crippen LogP contribution in [0.3, 0.4) is 0 Å². The van der Waals surface area contributed by atoms with Crippen LogP contribution in [0, 0.1) is 0 Å². The van der Waals surface area contributed by atoms with Crippen molar-refractivity contribution in [2.75, 3.05) is 45.8 Å². The van der Waals surface area contributed by atoms with Crippen LogP contribution in [0.5, 0.6) is 0 Å². The van der Waals surface area contributed by atoms with E-state index in [1.54, 1.807) is 23.6 Å². The number of piperazine rings is 1. The van der Waals surface area contributed by atoms with E-state index < -0.39 is 0 Å². The predicted octanol–water partition coefficient (Wildman–Crippen LogP) is 2.96. The predicted molar refractivity (Wildman–Crippen MR) is 108 cm³/mol. The summed E-state index contributed by atoms with van der Waals surface area (Å²) in [6.07, 6.45) is 3.93. The molecule has 1 amide bonds. The summed E-state index contributed by atoms with van der Waals surface area (Å²) in [7, 11) is 0. The Bertz CT molecular complexity index is 681. The summed E-state index contributed by atoms with van der Waals surface area (Å²) >= 11 is 1.63. The number of hydrogen-bond acceptors (Lipinski definition) is 5. The maximum atomic E-state index is 12.4. The van der Waals surface area contributed by atoms with Crippen LogP contribution in [0.15, 0.2) is 35.8 Å². The van der Waals surface area contributed by atoms with Crippen molar-refractivity contribution in [1.82, 2.24) is 20.1 Å². The van der Waals surface area contributed by atoms with Gasteiger partial charge in [-0.2, -0.15) is 0 Å². The Kier molecular flexibility index (Phi) is 7.17. The number of nitrogens with zero attached hydrogens (tertiary/aromatic N) is 3. The smallest absolute Gasteiger partial charge is 0.251 e. The standard InChI is InChI=1S/C20H28N4OS/c1-2-9-23-11-13-24(14-12-23)10-4-7-22-20(25)17-6-8-21-18(16-17)19-5-3-15-26-19/h3,5-6,8,15-16H,2,4,7,9-14H2,1H3,(H,22,25). The van der Waals surface area contributed by atoms with Gasteiger partial charge in [0, 0.05) is 44.5 Å². The van der Waals surface area contributed by atoms with E-state index in [1.165, 1.54) is 26.1 Å². The van der Waals surface area contributed by atoms with E-state index in [2.05, 4.69) is 27.0 Å². The first-order valence-corrected chi connectivity index (χ1v) is 10.4. The summed E-state index contributed by atoms with van der Waals surface area (Å²) in [5.74, 6) is -0.0158. The molecule has 0 unspecified atom stereocenters. The number of rotatable bonds is 8. The molecule has 0 spiro atoms. The highest BCUT2D eigenvalue weighted by molar-refractivity contribution is 7.13. The summed E-state index contributed by atoms with van der Waals surface area (Å²) < 4.78 is 0. The second-order valence-corrected chi connectivity index (χ2v) is 7.65. The number of aromatic nitrogens is 1. The minimum Gasteiger partial charge on any atom is -0.352 e. The molecule has 0 saturated carbocycles. The summed E-state index contributed by atoms with van der Waals surface area (Å²) in [5, 5.41) is 5.06. The average Bonchev–Trinajstić information content (AvgIpc) is 3.21. The Balaban J connectivity index is 1.39. The normalized spacial score (nSPS) is 15.9. The first-order valence-electron chi connectivity index (χ1n) is 9.49. The van der Waals surface area contributed by atoms with E-state index in [4.69, 9.17) is 0 Å². The van der Waals surface area contributed by atoms with Crippen molar-refractivity contribution in [3.63, 3.8) is 0 Å². The van der Waals surface area contributed by atoms with E-state index in [-0.39, 0.29) is 5.91 Å². The molecule has 1 fully saturated rings. The van der Waals surface area contributed by atoms with Gasteiger partial charge >= 0.3 is 0 Å². The molecular weight excluding hydrogens is 344 g/mol. The molecule has 0 aliphatic carbocycles. The van der Waals surface area contributed by atoms with Crippen molar-refractivity contribution in [1.29, 1.82) is 0 Å². The van der Waals surface area contributed by atoms with Crippen LogP contribution >= 0.6 is 11.3 Å². The second kappa shape index (κ2) is 9.80. The molecule has 2 aromatic rings. The lowest BCUT2D eigenvalue weighted by molar-refractivity contribution is 0.0947. The first-order chi connectivity index (χ1) is 12.8. The van der Waals surface area contributed by atoms with Crippen molar-refractivity contribution < 1.29 is 4.79 Å². The molecule has 0 atom stereocenters. The van der Waals surface area contributed by atoms with E-state index in [0.717, 1.165) is 36.6 Å². The summed E-state index contributed by atoms with van der Waals surface area (Å²) in [5.41, 5.74) is 1.54. The maximum absolute atomic E-state index is 12.4. The highest BCUT2D eigenvalue weighted by Crippen LogP contribution is 2.22. The Hall–Kier alpha value is -1.76. The van der Waals surface area contributed by atoms with Gasteiger partial charge in [-0.3, -0.25) is 9.78 Å². The fourth-order valence-corrected chi connectivity index (χ4v) is 3.98. The molecule has 2 aromatic heterocycles. The van der Waals surface area contributed by atoms with Crippen LogP contribution in [0.4, 0.5) is 0 Å². The lowest BCUT2D eigenvalue weighted by Crippen LogP contribution is -2.47. The topological polar surface area (TPSA) is 48.5 Å². The maximum Gasteiger partial charge on any atom is 0.251 e. The molecule has 6 heteroatoms. The summed E-state index contributed by atoms with van der Waals surface area (Å²) in [4.78, 5) is 22.9. The van der Waals surface area contributed by atoms with E-state index in [0.29, 0.717) is 12.1 Å². The van der Waals surface area contributed by atoms with Gasteiger partial charge in [-0.05, 0) is 49.5 Å². The number of thiophene rings is 1. The van der Waals surface area contributed by atoms with Crippen molar-refractivity contribution >= 4 is 17.2 Å². The van der Waals surface area contributed by atoms with Crippen molar-refractivity contribution in [2.24, 2.45) is 0 Å². The van der Waals surface area contributed by atoms with Gasteiger partial charge in [-0.25, -0.2) is 0 Å². The van der Waals surface area contributed by atoms with Gasteiger partial charge in [0.2, 0.25) is 0 Å². The summed E-state index contributed by atoms with van der Waals surface area (Å²) in [6.45, 7) is 9.84. The second-order valence-electron chi connectivity index (χ2n) is 6.70. The fourth-order valence-electron chi connectivity index (χ4n) is 3.29. The van der Waals surface area contributed by atoms with Crippen LogP contribution < -0.4 is 5.32 Å². The van der Waals surface area contributed by atoms with Gasteiger partial charge < -0.3 is 15.1 Å². The number of amides is 1. The molecule has 3 heterocycles. The molecule has 140 valence electrons. The van der Waals surface area contributed by atoms with Gasteiger partial charge in [0.15, 0.2) is 0 Å². The third-order valence-electron chi connectivity index (χ3n) is 4.74. The zero-order valence-electron chi connectivity index (χ0n) is 15.5. The molecule has 1 saturated heterocycles. The molecule has 1 aliphatic heterocycles. The Morgan fingerprint density at radius 1 is 1.19 bits per heavy atom. The van der Waals surface area contributed by atoms with Crippen molar-refractivity contribution in [3.05, 3.63) is 41.4 Å². The number of carbonyl (C=O) groups excluding carboxylic acids is 1. The Morgan fingerprint density at radius 2 is 1.96 bits per heavy atom. The number of nitrogens with one attached hydrogen (secondary N) is 1. The van der Waals surface area contributed by atoms with Crippen LogP contribution in [-0.4, -0.2) is 66.5 Å². The minimum atomic E-state index is -0.0158. The third-order valence-corrected chi connectivity index (χ3v) is 5.63. The zero-order chi connectivity index (χ0) is 18.2. The fraction of sp³-hybridized carbons (Fsp3) is 0.500.